The Bertz CT molecular complexity index is 1350. The Morgan fingerprint density at radius 3 is 2.57 bits per heavy atom. The lowest BCUT2D eigenvalue weighted by atomic mass is 10.0. The number of benzene rings is 2. The van der Waals surface area contributed by atoms with Gasteiger partial charge in [-0.05, 0) is 37.3 Å². The number of rotatable bonds is 2. The minimum atomic E-state index is -0.580. The Hall–Kier alpha value is -3.61. The smallest absolute Gasteiger partial charge is 0.212 e. The van der Waals surface area contributed by atoms with Gasteiger partial charge in [-0.15, -0.1) is 0 Å². The maximum atomic E-state index is 14.3. The third-order valence-corrected chi connectivity index (χ3v) is 4.91. The van der Waals surface area contributed by atoms with Crippen molar-refractivity contribution in [3.8, 4) is 16.9 Å². The van der Waals surface area contributed by atoms with Crippen molar-refractivity contribution in [2.24, 2.45) is 7.05 Å². The van der Waals surface area contributed by atoms with Gasteiger partial charge in [0, 0.05) is 35.1 Å². The van der Waals surface area contributed by atoms with Crippen LogP contribution in [-0.4, -0.2) is 24.5 Å². The van der Waals surface area contributed by atoms with Crippen LogP contribution in [0.1, 0.15) is 5.56 Å². The van der Waals surface area contributed by atoms with Gasteiger partial charge in [0.1, 0.15) is 11.5 Å². The molecule has 0 saturated heterocycles. The van der Waals surface area contributed by atoms with E-state index < -0.39 is 5.95 Å². The van der Waals surface area contributed by atoms with Gasteiger partial charge in [0.25, 0.3) is 0 Å². The molecule has 0 N–H and O–H groups in total. The van der Waals surface area contributed by atoms with Gasteiger partial charge in [0.2, 0.25) is 5.95 Å². The van der Waals surface area contributed by atoms with E-state index in [1.807, 2.05) is 31.4 Å². The Balaban J connectivity index is 1.88. The summed E-state index contributed by atoms with van der Waals surface area (Å²) in [6.45, 7) is 1.71. The van der Waals surface area contributed by atoms with Crippen molar-refractivity contribution in [2.45, 2.75) is 6.92 Å². The molecule has 3 heterocycles. The summed E-state index contributed by atoms with van der Waals surface area (Å²) in [4.78, 5) is 3.72. The van der Waals surface area contributed by atoms with Gasteiger partial charge in [0.15, 0.2) is 0 Å². The zero-order valence-corrected chi connectivity index (χ0v) is 15.2. The van der Waals surface area contributed by atoms with E-state index in [1.54, 1.807) is 28.4 Å². The largest absolute Gasteiger partial charge is 0.275 e. The predicted octanol–water partition coefficient (Wildman–Crippen LogP) is 4.56. The molecule has 28 heavy (non-hydrogen) atoms. The van der Waals surface area contributed by atoms with Gasteiger partial charge in [-0.2, -0.15) is 14.6 Å². The number of halogens is 2. The van der Waals surface area contributed by atoms with E-state index in [2.05, 4.69) is 10.1 Å². The molecule has 3 aromatic heterocycles. The second-order valence-electron chi connectivity index (χ2n) is 6.71. The van der Waals surface area contributed by atoms with Gasteiger partial charge < -0.3 is 0 Å². The van der Waals surface area contributed by atoms with Gasteiger partial charge in [-0.25, -0.2) is 14.1 Å². The van der Waals surface area contributed by atoms with Crippen LogP contribution in [0.4, 0.5) is 8.78 Å². The van der Waals surface area contributed by atoms with Crippen molar-refractivity contribution >= 4 is 21.8 Å². The van der Waals surface area contributed by atoms with Crippen LogP contribution < -0.4 is 0 Å². The highest BCUT2D eigenvalue weighted by atomic mass is 19.1. The third-order valence-electron chi connectivity index (χ3n) is 4.91. The average Bonchev–Trinajstić information content (AvgIpc) is 3.25. The van der Waals surface area contributed by atoms with E-state index in [0.29, 0.717) is 22.5 Å². The second-order valence-corrected chi connectivity index (χ2v) is 6.71. The lowest BCUT2D eigenvalue weighted by Crippen LogP contribution is -2.00. The molecule has 0 bridgehead atoms. The quantitative estimate of drug-likeness (QED) is 0.425. The number of fused-ring (bicyclic) bond motifs is 2. The zero-order chi connectivity index (χ0) is 19.4. The van der Waals surface area contributed by atoms with Crippen LogP contribution in [0.3, 0.4) is 0 Å². The summed E-state index contributed by atoms with van der Waals surface area (Å²) in [7, 11) is 1.87. The number of nitrogens with zero attached hydrogens (tertiary/aromatic N) is 5. The molecule has 5 nitrogen and oxygen atoms in total. The molecule has 0 fully saturated rings. The minimum Gasteiger partial charge on any atom is -0.275 e. The molecule has 0 spiro atoms. The first-order valence-electron chi connectivity index (χ1n) is 8.75. The summed E-state index contributed by atoms with van der Waals surface area (Å²) < 4.78 is 31.0. The molecule has 2 aromatic carbocycles. The predicted molar refractivity (Wildman–Crippen MR) is 103 cm³/mol. The van der Waals surface area contributed by atoms with Crippen LogP contribution in [-0.2, 0) is 7.05 Å². The fraction of sp³-hybridized carbons (Fsp3) is 0.0952. The van der Waals surface area contributed by atoms with Crippen molar-refractivity contribution in [3.63, 3.8) is 0 Å². The first-order chi connectivity index (χ1) is 13.5. The summed E-state index contributed by atoms with van der Waals surface area (Å²) >= 11 is 0. The maximum absolute atomic E-state index is 14.3. The summed E-state index contributed by atoms with van der Waals surface area (Å²) in [5.74, 6) is -0.904. The van der Waals surface area contributed by atoms with E-state index in [4.69, 9.17) is 5.10 Å². The van der Waals surface area contributed by atoms with Crippen molar-refractivity contribution in [1.29, 1.82) is 0 Å². The number of hydrogen-bond donors (Lipinski definition) is 0. The average molecular weight is 375 g/mol. The normalized spacial score (nSPS) is 11.6. The molecule has 138 valence electrons. The molecule has 0 saturated carbocycles. The van der Waals surface area contributed by atoms with E-state index in [-0.39, 0.29) is 5.82 Å². The van der Waals surface area contributed by atoms with Gasteiger partial charge in [-0.1, -0.05) is 12.1 Å². The molecule has 0 atom stereocenters. The van der Waals surface area contributed by atoms with Gasteiger partial charge in [-0.3, -0.25) is 4.68 Å². The molecule has 0 unspecified atom stereocenters. The molecular weight excluding hydrogens is 360 g/mol. The highest BCUT2D eigenvalue weighted by molar-refractivity contribution is 6.03. The van der Waals surface area contributed by atoms with Crippen LogP contribution in [0.5, 0.6) is 0 Å². The van der Waals surface area contributed by atoms with Crippen LogP contribution in [0.2, 0.25) is 0 Å². The van der Waals surface area contributed by atoms with Crippen LogP contribution in [0.25, 0.3) is 38.8 Å². The highest BCUT2D eigenvalue weighted by Crippen LogP contribution is 2.35. The summed E-state index contributed by atoms with van der Waals surface area (Å²) in [5, 5.41) is 11.0. The van der Waals surface area contributed by atoms with E-state index >= 15 is 0 Å². The fourth-order valence-electron chi connectivity index (χ4n) is 3.59. The fourth-order valence-corrected chi connectivity index (χ4v) is 3.59. The van der Waals surface area contributed by atoms with Crippen molar-refractivity contribution in [2.75, 3.05) is 0 Å². The van der Waals surface area contributed by atoms with Crippen molar-refractivity contribution < 1.29 is 8.78 Å². The zero-order valence-electron chi connectivity index (χ0n) is 15.2. The second kappa shape index (κ2) is 5.95. The first-order valence-corrected chi connectivity index (χ1v) is 8.75. The molecule has 5 aromatic rings. The Morgan fingerprint density at radius 1 is 0.929 bits per heavy atom. The van der Waals surface area contributed by atoms with E-state index in [9.17, 15) is 8.78 Å². The maximum Gasteiger partial charge on any atom is 0.212 e. The van der Waals surface area contributed by atoms with E-state index in [0.717, 1.165) is 21.9 Å². The Kier molecular flexibility index (Phi) is 3.52. The van der Waals surface area contributed by atoms with Crippen molar-refractivity contribution in [1.82, 2.24) is 24.5 Å². The van der Waals surface area contributed by atoms with Crippen molar-refractivity contribution in [3.05, 3.63) is 72.2 Å². The molecular formula is C21H15F2N5. The topological polar surface area (TPSA) is 48.5 Å². The van der Waals surface area contributed by atoms with E-state index in [1.165, 1.54) is 18.3 Å². The molecule has 0 aliphatic rings. The number of hydrogen-bond acceptors (Lipinski definition) is 3. The third kappa shape index (κ3) is 2.40. The highest BCUT2D eigenvalue weighted by Gasteiger charge is 2.19. The Labute approximate surface area is 158 Å². The monoisotopic (exact) mass is 375 g/mol. The van der Waals surface area contributed by atoms with Crippen LogP contribution >= 0.6 is 0 Å². The van der Waals surface area contributed by atoms with Gasteiger partial charge >= 0.3 is 0 Å². The molecule has 0 amide bonds. The van der Waals surface area contributed by atoms with Crippen LogP contribution in [0, 0.1) is 18.7 Å². The van der Waals surface area contributed by atoms with Gasteiger partial charge in [0.05, 0.1) is 22.9 Å². The molecule has 0 aliphatic heterocycles. The lowest BCUT2D eigenvalue weighted by molar-refractivity contribution is 0.582. The minimum absolute atomic E-state index is 0.324. The molecule has 5 rings (SSSR count). The summed E-state index contributed by atoms with van der Waals surface area (Å²) in [5.41, 5.74) is 4.12. The van der Waals surface area contributed by atoms with Crippen LogP contribution in [0.15, 0.2) is 54.9 Å². The molecule has 0 radical (unpaired) electrons. The number of aryl methyl sites for hydroxylation is 2. The molecule has 0 aliphatic carbocycles. The number of aromatic nitrogens is 5. The Morgan fingerprint density at radius 2 is 1.79 bits per heavy atom. The summed E-state index contributed by atoms with van der Waals surface area (Å²) in [6.07, 6.45) is 3.33. The summed E-state index contributed by atoms with van der Waals surface area (Å²) in [6, 6.07) is 11.8. The molecule has 7 heteroatoms. The first kappa shape index (κ1) is 16.6. The standard InChI is InChI=1S/C21H15F2N5/c1-12-17(22)8-7-15-20(14-4-3-5-18-16(14)11-27(2)25-18)26-28(21(12)15)13-6-9-19(23)24-10-13/h3-11H,1-2H3. The number of pyridine rings is 1. The SMILES string of the molecule is Cc1c(F)ccc2c(-c3cccc4nn(C)cc34)nn(-c3ccc(F)nc3)c12. The lowest BCUT2D eigenvalue weighted by Gasteiger charge is -2.05.